The molecule has 0 aromatic heterocycles. The molecule has 0 spiro atoms. The van der Waals surface area contributed by atoms with Crippen molar-refractivity contribution >= 4 is 23.5 Å². The fourth-order valence-electron chi connectivity index (χ4n) is 1.77. The minimum atomic E-state index is -1.09. The average Bonchev–Trinajstić information content (AvgIpc) is 2.19. The van der Waals surface area contributed by atoms with Gasteiger partial charge in [-0.25, -0.2) is 0 Å². The van der Waals surface area contributed by atoms with Crippen molar-refractivity contribution < 1.29 is 14.3 Å². The van der Waals surface area contributed by atoms with Crippen LogP contribution in [0.1, 0.15) is 32.1 Å². The lowest BCUT2D eigenvalue weighted by Gasteiger charge is -2.33. The largest absolute Gasteiger partial charge is 0.448 e. The molecule has 1 amide bonds. The van der Waals surface area contributed by atoms with E-state index in [1.54, 1.807) is 0 Å². The fourth-order valence-corrected chi connectivity index (χ4v) is 1.82. The quantitative estimate of drug-likeness (QED) is 0.568. The number of rotatable bonds is 3. The van der Waals surface area contributed by atoms with Crippen molar-refractivity contribution in [3.8, 4) is 0 Å². The van der Waals surface area contributed by atoms with E-state index < -0.39 is 17.5 Å². The molecule has 0 aromatic rings. The van der Waals surface area contributed by atoms with Crippen LogP contribution in [0.2, 0.25) is 0 Å². The predicted octanol–water partition coefficient (Wildman–Crippen LogP) is 0.957. The number of ether oxygens (including phenoxy) is 1. The molecule has 1 rings (SSSR count). The van der Waals surface area contributed by atoms with Crippen LogP contribution in [0.5, 0.6) is 0 Å². The number of carbonyl (C=O) groups excluding carboxylic acids is 2. The second-order valence-corrected chi connectivity index (χ2v) is 3.79. The number of hydrogen-bond acceptors (Lipinski definition) is 3. The van der Waals surface area contributed by atoms with Gasteiger partial charge in [0.1, 0.15) is 5.88 Å². The van der Waals surface area contributed by atoms with Crippen molar-refractivity contribution in [1.82, 2.24) is 0 Å². The third-order valence-corrected chi connectivity index (χ3v) is 2.75. The molecule has 4 nitrogen and oxygen atoms in total. The highest BCUT2D eigenvalue weighted by Crippen LogP contribution is 2.31. The Morgan fingerprint density at radius 3 is 2.29 bits per heavy atom. The molecule has 0 unspecified atom stereocenters. The maximum absolute atomic E-state index is 11.2. The van der Waals surface area contributed by atoms with Gasteiger partial charge in [0.2, 0.25) is 0 Å². The topological polar surface area (TPSA) is 69.4 Å². The first kappa shape index (κ1) is 11.3. The second kappa shape index (κ2) is 4.64. The van der Waals surface area contributed by atoms with Crippen molar-refractivity contribution in [2.75, 3.05) is 5.88 Å². The summed E-state index contributed by atoms with van der Waals surface area (Å²) in [5.74, 6) is -1.38. The van der Waals surface area contributed by atoms with Gasteiger partial charge in [0.15, 0.2) is 5.60 Å². The molecule has 0 aromatic carbocycles. The maximum Gasteiger partial charge on any atom is 0.321 e. The van der Waals surface area contributed by atoms with Gasteiger partial charge in [-0.1, -0.05) is 6.42 Å². The van der Waals surface area contributed by atoms with E-state index in [0.29, 0.717) is 12.8 Å². The SMILES string of the molecule is NC(=O)C1(OC(=O)CCl)CCCCC1. The molecule has 0 radical (unpaired) electrons. The molecule has 0 aliphatic heterocycles. The summed E-state index contributed by atoms with van der Waals surface area (Å²) in [6.45, 7) is 0. The molecule has 80 valence electrons. The number of amides is 1. The fraction of sp³-hybridized carbons (Fsp3) is 0.778. The minimum Gasteiger partial charge on any atom is -0.448 e. The van der Waals surface area contributed by atoms with Crippen LogP contribution in [0, 0.1) is 0 Å². The Kier molecular flexibility index (Phi) is 3.75. The molecule has 0 saturated heterocycles. The van der Waals surface area contributed by atoms with Gasteiger partial charge in [-0.2, -0.15) is 0 Å². The number of alkyl halides is 1. The summed E-state index contributed by atoms with van der Waals surface area (Å²) in [6.07, 6.45) is 3.81. The zero-order chi connectivity index (χ0) is 10.6. The summed E-state index contributed by atoms with van der Waals surface area (Å²) in [5, 5.41) is 0. The molecule has 1 aliphatic carbocycles. The molecule has 5 heteroatoms. The molecule has 0 heterocycles. The molecule has 1 fully saturated rings. The van der Waals surface area contributed by atoms with E-state index in [1.165, 1.54) is 0 Å². The lowest BCUT2D eigenvalue weighted by atomic mass is 9.84. The van der Waals surface area contributed by atoms with E-state index in [-0.39, 0.29) is 5.88 Å². The third kappa shape index (κ3) is 2.38. The molecular formula is C9H14ClNO3. The maximum atomic E-state index is 11.2. The third-order valence-electron chi connectivity index (χ3n) is 2.53. The Bertz CT molecular complexity index is 236. The highest BCUT2D eigenvalue weighted by molar-refractivity contribution is 6.26. The molecule has 1 saturated carbocycles. The zero-order valence-electron chi connectivity index (χ0n) is 7.92. The number of primary amides is 1. The number of halogens is 1. The van der Waals surface area contributed by atoms with Gasteiger partial charge >= 0.3 is 5.97 Å². The summed E-state index contributed by atoms with van der Waals surface area (Å²) in [4.78, 5) is 22.3. The summed E-state index contributed by atoms with van der Waals surface area (Å²) < 4.78 is 5.04. The Hall–Kier alpha value is -0.770. The minimum absolute atomic E-state index is 0.241. The van der Waals surface area contributed by atoms with E-state index in [2.05, 4.69) is 0 Å². The lowest BCUT2D eigenvalue weighted by Crippen LogP contribution is -2.49. The van der Waals surface area contributed by atoms with E-state index >= 15 is 0 Å². The van der Waals surface area contributed by atoms with Gasteiger partial charge in [0, 0.05) is 0 Å². The normalized spacial score (nSPS) is 20.1. The van der Waals surface area contributed by atoms with Crippen LogP contribution < -0.4 is 5.73 Å². The summed E-state index contributed by atoms with van der Waals surface area (Å²) in [7, 11) is 0. The molecule has 0 bridgehead atoms. The van der Waals surface area contributed by atoms with Crippen LogP contribution in [0.25, 0.3) is 0 Å². The van der Waals surface area contributed by atoms with E-state index in [4.69, 9.17) is 22.1 Å². The Morgan fingerprint density at radius 2 is 1.86 bits per heavy atom. The van der Waals surface area contributed by atoms with Gasteiger partial charge in [0.25, 0.3) is 5.91 Å². The van der Waals surface area contributed by atoms with Crippen molar-refractivity contribution in [2.45, 2.75) is 37.7 Å². The average molecular weight is 220 g/mol. The highest BCUT2D eigenvalue weighted by atomic mass is 35.5. The van der Waals surface area contributed by atoms with Crippen LogP contribution in [-0.2, 0) is 14.3 Å². The van der Waals surface area contributed by atoms with E-state index in [9.17, 15) is 9.59 Å². The monoisotopic (exact) mass is 219 g/mol. The first-order valence-electron chi connectivity index (χ1n) is 4.68. The van der Waals surface area contributed by atoms with Crippen LogP contribution in [0.3, 0.4) is 0 Å². The Morgan fingerprint density at radius 1 is 1.29 bits per heavy atom. The van der Waals surface area contributed by atoms with Crippen LogP contribution in [0.15, 0.2) is 0 Å². The second-order valence-electron chi connectivity index (χ2n) is 3.53. The molecule has 0 atom stereocenters. The van der Waals surface area contributed by atoms with Crippen LogP contribution in [-0.4, -0.2) is 23.4 Å². The smallest absolute Gasteiger partial charge is 0.321 e. The van der Waals surface area contributed by atoms with Gasteiger partial charge < -0.3 is 10.5 Å². The van der Waals surface area contributed by atoms with Gasteiger partial charge in [0.05, 0.1) is 0 Å². The first-order chi connectivity index (χ1) is 6.60. The number of hydrogen-bond donors (Lipinski definition) is 1. The number of nitrogens with two attached hydrogens (primary N) is 1. The Balaban J connectivity index is 2.70. The summed E-state index contributed by atoms with van der Waals surface area (Å²) in [5.41, 5.74) is 4.15. The highest BCUT2D eigenvalue weighted by Gasteiger charge is 2.41. The molecule has 14 heavy (non-hydrogen) atoms. The van der Waals surface area contributed by atoms with Crippen molar-refractivity contribution in [3.05, 3.63) is 0 Å². The van der Waals surface area contributed by atoms with Crippen molar-refractivity contribution in [3.63, 3.8) is 0 Å². The van der Waals surface area contributed by atoms with Crippen molar-refractivity contribution in [1.29, 1.82) is 0 Å². The number of carbonyl (C=O) groups is 2. The number of esters is 1. The van der Waals surface area contributed by atoms with Gasteiger partial charge in [-0.15, -0.1) is 11.6 Å². The van der Waals surface area contributed by atoms with Gasteiger partial charge in [-0.3, -0.25) is 9.59 Å². The van der Waals surface area contributed by atoms with Crippen molar-refractivity contribution in [2.24, 2.45) is 5.73 Å². The van der Waals surface area contributed by atoms with Crippen LogP contribution >= 0.6 is 11.6 Å². The molecular weight excluding hydrogens is 206 g/mol. The summed E-state index contributed by atoms with van der Waals surface area (Å²) >= 11 is 5.31. The summed E-state index contributed by atoms with van der Waals surface area (Å²) in [6, 6.07) is 0. The Labute approximate surface area is 87.7 Å². The standard InChI is InChI=1S/C9H14ClNO3/c10-6-7(12)14-9(8(11)13)4-2-1-3-5-9/h1-6H2,(H2,11,13). The molecule has 2 N–H and O–H groups in total. The zero-order valence-corrected chi connectivity index (χ0v) is 8.68. The van der Waals surface area contributed by atoms with Gasteiger partial charge in [-0.05, 0) is 25.7 Å². The van der Waals surface area contributed by atoms with E-state index in [0.717, 1.165) is 19.3 Å². The van der Waals surface area contributed by atoms with Crippen LogP contribution in [0.4, 0.5) is 0 Å². The first-order valence-corrected chi connectivity index (χ1v) is 5.22. The lowest BCUT2D eigenvalue weighted by molar-refractivity contribution is -0.168. The molecule has 1 aliphatic rings. The van der Waals surface area contributed by atoms with E-state index in [1.807, 2.05) is 0 Å². The predicted molar refractivity (Wildman–Crippen MR) is 51.8 cm³/mol.